The minimum Gasteiger partial charge on any atom is -0.378 e. The first-order valence-electron chi connectivity index (χ1n) is 8.95. The monoisotopic (exact) mass is 344 g/mol. The van der Waals surface area contributed by atoms with Crippen molar-refractivity contribution in [1.82, 2.24) is 20.3 Å². The van der Waals surface area contributed by atoms with Crippen LogP contribution in [0.1, 0.15) is 38.5 Å². The summed E-state index contributed by atoms with van der Waals surface area (Å²) in [7, 11) is 0. The van der Waals surface area contributed by atoms with Gasteiger partial charge in [0.05, 0.1) is 11.5 Å². The lowest BCUT2D eigenvalue weighted by atomic mass is 9.98. The van der Waals surface area contributed by atoms with Crippen molar-refractivity contribution in [2.45, 2.75) is 51.2 Å². The summed E-state index contributed by atoms with van der Waals surface area (Å²) in [6, 6.07) is 6.97. The summed E-state index contributed by atoms with van der Waals surface area (Å²) in [6.45, 7) is 1.06. The molecule has 0 saturated heterocycles. The number of aromatic nitrogens is 3. The molecule has 134 valence electrons. The minimum absolute atomic E-state index is 0.125. The van der Waals surface area contributed by atoms with E-state index < -0.39 is 0 Å². The fourth-order valence-corrected chi connectivity index (χ4v) is 3.10. The molecule has 1 aliphatic rings. The third-order valence-electron chi connectivity index (χ3n) is 4.47. The zero-order valence-electron chi connectivity index (χ0n) is 14.3. The van der Waals surface area contributed by atoms with Crippen molar-refractivity contribution in [1.29, 1.82) is 0 Å². The van der Waals surface area contributed by atoms with E-state index in [2.05, 4.69) is 15.6 Å². The van der Waals surface area contributed by atoms with Crippen LogP contribution in [0.15, 0.2) is 29.1 Å². The molecule has 0 spiro atoms. The number of nitrogens with one attached hydrogen (secondary N) is 1. The summed E-state index contributed by atoms with van der Waals surface area (Å²) in [5.41, 5.74) is 0.227. The third kappa shape index (κ3) is 4.85. The number of fused-ring (bicyclic) bond motifs is 1. The van der Waals surface area contributed by atoms with Gasteiger partial charge in [-0.15, -0.1) is 5.10 Å². The molecule has 0 bridgehead atoms. The highest BCUT2D eigenvalue weighted by atomic mass is 16.5. The summed E-state index contributed by atoms with van der Waals surface area (Å²) in [4.78, 5) is 24.3. The Hall–Kier alpha value is -2.28. The maximum Gasteiger partial charge on any atom is 0.278 e. The normalized spacial score (nSPS) is 15.4. The molecule has 1 fully saturated rings. The van der Waals surface area contributed by atoms with Gasteiger partial charge in [0.1, 0.15) is 12.1 Å². The molecule has 0 atom stereocenters. The van der Waals surface area contributed by atoms with Gasteiger partial charge >= 0.3 is 0 Å². The van der Waals surface area contributed by atoms with E-state index in [1.165, 1.54) is 19.3 Å². The van der Waals surface area contributed by atoms with E-state index in [1.807, 2.05) is 0 Å². The summed E-state index contributed by atoms with van der Waals surface area (Å²) >= 11 is 0. The molecule has 0 unspecified atom stereocenters. The molecule has 2 aromatic rings. The number of hydrogen-bond donors (Lipinski definition) is 1. The van der Waals surface area contributed by atoms with Crippen molar-refractivity contribution in [2.75, 3.05) is 13.2 Å². The molecule has 0 aliphatic heterocycles. The van der Waals surface area contributed by atoms with Crippen LogP contribution in [0.5, 0.6) is 0 Å². The van der Waals surface area contributed by atoms with E-state index in [0.717, 1.165) is 23.9 Å². The van der Waals surface area contributed by atoms with Crippen molar-refractivity contribution in [3.8, 4) is 0 Å². The lowest BCUT2D eigenvalue weighted by Crippen LogP contribution is -2.35. The average Bonchev–Trinajstić information content (AvgIpc) is 2.65. The number of hydrogen-bond acceptors (Lipinski definition) is 5. The standard InChI is InChI=1S/C18H24N4O3/c23-17(19-11-6-12-25-14-7-2-1-3-8-14)13-22-18(24)15-9-4-5-10-16(15)20-21-22/h4-5,9-10,14H,1-3,6-8,11-13H2,(H,19,23). The third-order valence-corrected chi connectivity index (χ3v) is 4.47. The van der Waals surface area contributed by atoms with Gasteiger partial charge in [0, 0.05) is 13.2 Å². The van der Waals surface area contributed by atoms with Gasteiger partial charge in [-0.3, -0.25) is 9.59 Å². The van der Waals surface area contributed by atoms with Gasteiger partial charge in [0.15, 0.2) is 0 Å². The van der Waals surface area contributed by atoms with Gasteiger partial charge in [-0.25, -0.2) is 4.68 Å². The molecule has 1 N–H and O–H groups in total. The quantitative estimate of drug-likeness (QED) is 0.772. The lowest BCUT2D eigenvalue weighted by molar-refractivity contribution is -0.122. The van der Waals surface area contributed by atoms with E-state index in [4.69, 9.17) is 4.74 Å². The van der Waals surface area contributed by atoms with Crippen LogP contribution in [0, 0.1) is 0 Å². The predicted molar refractivity (Wildman–Crippen MR) is 94.2 cm³/mol. The van der Waals surface area contributed by atoms with Crippen LogP contribution in [0.4, 0.5) is 0 Å². The number of carbonyl (C=O) groups excluding carboxylic acids is 1. The van der Waals surface area contributed by atoms with Gasteiger partial charge in [-0.1, -0.05) is 36.6 Å². The Balaban J connectivity index is 1.42. The molecule has 3 rings (SSSR count). The molecule has 1 heterocycles. The van der Waals surface area contributed by atoms with Crippen LogP contribution < -0.4 is 10.9 Å². The van der Waals surface area contributed by atoms with Crippen molar-refractivity contribution in [3.63, 3.8) is 0 Å². The van der Waals surface area contributed by atoms with Crippen molar-refractivity contribution >= 4 is 16.8 Å². The number of ether oxygens (including phenoxy) is 1. The first kappa shape index (κ1) is 17.5. The SMILES string of the molecule is O=C(Cn1nnc2ccccc2c1=O)NCCCOC1CCCCC1. The Morgan fingerprint density at radius 1 is 1.24 bits per heavy atom. The Morgan fingerprint density at radius 3 is 2.88 bits per heavy atom. The fraction of sp³-hybridized carbons (Fsp3) is 0.556. The Bertz CT molecular complexity index is 768. The van der Waals surface area contributed by atoms with E-state index in [0.29, 0.717) is 30.2 Å². The van der Waals surface area contributed by atoms with Crippen LogP contribution in [0.2, 0.25) is 0 Å². The lowest BCUT2D eigenvalue weighted by Gasteiger charge is -2.21. The van der Waals surface area contributed by atoms with Crippen molar-refractivity contribution < 1.29 is 9.53 Å². The summed E-state index contributed by atoms with van der Waals surface area (Å²) in [5.74, 6) is -0.246. The maximum atomic E-state index is 12.3. The van der Waals surface area contributed by atoms with E-state index in [9.17, 15) is 9.59 Å². The second-order valence-corrected chi connectivity index (χ2v) is 6.40. The number of amides is 1. The zero-order chi connectivity index (χ0) is 17.5. The van der Waals surface area contributed by atoms with Crippen molar-refractivity contribution in [3.05, 3.63) is 34.6 Å². The predicted octanol–water partition coefficient (Wildman–Crippen LogP) is 1.65. The molecule has 25 heavy (non-hydrogen) atoms. The number of rotatable bonds is 7. The number of benzene rings is 1. The summed E-state index contributed by atoms with van der Waals surface area (Å²) in [6.07, 6.45) is 7.27. The molecule has 7 nitrogen and oxygen atoms in total. The number of nitrogens with zero attached hydrogens (tertiary/aromatic N) is 3. The number of carbonyl (C=O) groups is 1. The van der Waals surface area contributed by atoms with Gasteiger partial charge in [-0.05, 0) is 31.4 Å². The molecule has 1 saturated carbocycles. The molecule has 1 aromatic heterocycles. The highest BCUT2D eigenvalue weighted by Crippen LogP contribution is 2.20. The largest absolute Gasteiger partial charge is 0.378 e. The van der Waals surface area contributed by atoms with Crippen LogP contribution in [0.3, 0.4) is 0 Å². The first-order valence-corrected chi connectivity index (χ1v) is 8.95. The van der Waals surface area contributed by atoms with Crippen LogP contribution in [-0.4, -0.2) is 40.2 Å². The van der Waals surface area contributed by atoms with E-state index in [-0.39, 0.29) is 18.0 Å². The zero-order valence-corrected chi connectivity index (χ0v) is 14.3. The highest BCUT2D eigenvalue weighted by molar-refractivity contribution is 5.78. The topological polar surface area (TPSA) is 86.1 Å². The molecule has 1 amide bonds. The average molecular weight is 344 g/mol. The summed E-state index contributed by atoms with van der Waals surface area (Å²) < 4.78 is 6.91. The van der Waals surface area contributed by atoms with Gasteiger partial charge in [-0.2, -0.15) is 0 Å². The van der Waals surface area contributed by atoms with Gasteiger partial charge in [0.2, 0.25) is 5.91 Å². The maximum absolute atomic E-state index is 12.3. The minimum atomic E-state index is -0.304. The van der Waals surface area contributed by atoms with Crippen LogP contribution >= 0.6 is 0 Å². The second-order valence-electron chi connectivity index (χ2n) is 6.40. The van der Waals surface area contributed by atoms with Crippen LogP contribution in [0.25, 0.3) is 10.9 Å². The fourth-order valence-electron chi connectivity index (χ4n) is 3.10. The Morgan fingerprint density at radius 2 is 2.04 bits per heavy atom. The Kier molecular flexibility index (Phi) is 6.11. The van der Waals surface area contributed by atoms with E-state index in [1.54, 1.807) is 24.3 Å². The molecule has 0 radical (unpaired) electrons. The highest BCUT2D eigenvalue weighted by Gasteiger charge is 2.13. The first-order chi connectivity index (χ1) is 12.2. The second kappa shape index (κ2) is 8.71. The smallest absolute Gasteiger partial charge is 0.278 e. The molecular formula is C18H24N4O3. The van der Waals surface area contributed by atoms with Crippen LogP contribution in [-0.2, 0) is 16.1 Å². The molecule has 1 aliphatic carbocycles. The van der Waals surface area contributed by atoms with Gasteiger partial charge in [0.25, 0.3) is 5.56 Å². The summed E-state index contributed by atoms with van der Waals surface area (Å²) in [5, 5.41) is 11.1. The molecular weight excluding hydrogens is 320 g/mol. The Labute approximate surface area is 146 Å². The molecule has 7 heteroatoms. The van der Waals surface area contributed by atoms with E-state index >= 15 is 0 Å². The molecule has 1 aromatic carbocycles. The van der Waals surface area contributed by atoms with Gasteiger partial charge < -0.3 is 10.1 Å². The van der Waals surface area contributed by atoms with Crippen molar-refractivity contribution in [2.24, 2.45) is 0 Å².